The van der Waals surface area contributed by atoms with Gasteiger partial charge in [0.25, 0.3) is 11.6 Å². The van der Waals surface area contributed by atoms with Crippen molar-refractivity contribution in [2.45, 2.75) is 13.3 Å². The van der Waals surface area contributed by atoms with E-state index in [0.717, 1.165) is 5.56 Å². The quantitative estimate of drug-likeness (QED) is 0.405. The van der Waals surface area contributed by atoms with Gasteiger partial charge in [-0.15, -0.1) is 0 Å². The largest absolute Gasteiger partial charge is 0.454 e. The van der Waals surface area contributed by atoms with Crippen LogP contribution in [0.5, 0.6) is 0 Å². The standard InChI is InChI=1S/C19H19N3O6/c1-13-7-8-15(22(26)27)10-16(13)21-18(24)12-28-19(25)11-20-17(23)9-14-5-3-2-4-6-14/h2-8,10H,9,11-12H2,1H3,(H,20,23)(H,21,24). The molecule has 0 aliphatic rings. The highest BCUT2D eigenvalue weighted by Crippen LogP contribution is 2.21. The minimum Gasteiger partial charge on any atom is -0.454 e. The number of esters is 1. The van der Waals surface area contributed by atoms with Gasteiger partial charge in [-0.2, -0.15) is 0 Å². The normalized spacial score (nSPS) is 10.0. The number of carbonyl (C=O) groups is 3. The molecule has 0 spiro atoms. The Morgan fingerprint density at radius 2 is 1.79 bits per heavy atom. The number of nitro benzene ring substituents is 1. The van der Waals surface area contributed by atoms with Crippen LogP contribution in [0.15, 0.2) is 48.5 Å². The Kier molecular flexibility index (Phi) is 7.21. The number of nitrogens with one attached hydrogen (secondary N) is 2. The van der Waals surface area contributed by atoms with E-state index in [1.807, 2.05) is 6.07 Å². The lowest BCUT2D eigenvalue weighted by molar-refractivity contribution is -0.384. The van der Waals surface area contributed by atoms with Crippen LogP contribution in [-0.2, 0) is 25.5 Å². The Hall–Kier alpha value is -3.75. The zero-order chi connectivity index (χ0) is 20.5. The maximum atomic E-state index is 11.9. The fourth-order valence-electron chi connectivity index (χ4n) is 2.26. The summed E-state index contributed by atoms with van der Waals surface area (Å²) in [7, 11) is 0. The average molecular weight is 385 g/mol. The first kappa shape index (κ1) is 20.6. The number of ether oxygens (including phenoxy) is 1. The van der Waals surface area contributed by atoms with Gasteiger partial charge < -0.3 is 15.4 Å². The maximum absolute atomic E-state index is 11.9. The molecule has 0 atom stereocenters. The number of nitro groups is 1. The number of hydrogen-bond acceptors (Lipinski definition) is 6. The van der Waals surface area contributed by atoms with E-state index in [9.17, 15) is 24.5 Å². The first-order valence-electron chi connectivity index (χ1n) is 8.36. The molecule has 0 radical (unpaired) electrons. The predicted molar refractivity (Wildman–Crippen MR) is 101 cm³/mol. The molecule has 0 bridgehead atoms. The molecule has 146 valence electrons. The molecule has 0 saturated heterocycles. The van der Waals surface area contributed by atoms with Gasteiger partial charge in [-0.05, 0) is 18.1 Å². The zero-order valence-electron chi connectivity index (χ0n) is 15.1. The Labute approximate surface area is 160 Å². The van der Waals surface area contributed by atoms with E-state index in [4.69, 9.17) is 4.74 Å². The monoisotopic (exact) mass is 385 g/mol. The number of benzene rings is 2. The fraction of sp³-hybridized carbons (Fsp3) is 0.211. The Morgan fingerprint density at radius 3 is 2.46 bits per heavy atom. The SMILES string of the molecule is Cc1ccc([N+](=O)[O-])cc1NC(=O)COC(=O)CNC(=O)Cc1ccccc1. The van der Waals surface area contributed by atoms with Crippen molar-refractivity contribution in [3.63, 3.8) is 0 Å². The number of non-ortho nitro benzene ring substituents is 1. The lowest BCUT2D eigenvalue weighted by atomic mass is 10.1. The van der Waals surface area contributed by atoms with Gasteiger partial charge in [-0.25, -0.2) is 0 Å². The molecule has 2 N–H and O–H groups in total. The van der Waals surface area contributed by atoms with Crippen molar-refractivity contribution in [3.05, 3.63) is 69.8 Å². The van der Waals surface area contributed by atoms with Gasteiger partial charge in [0, 0.05) is 12.1 Å². The number of rotatable bonds is 8. The van der Waals surface area contributed by atoms with Crippen molar-refractivity contribution in [3.8, 4) is 0 Å². The summed E-state index contributed by atoms with van der Waals surface area (Å²) in [6.45, 7) is 0.734. The molecule has 0 aliphatic heterocycles. The highest BCUT2D eigenvalue weighted by atomic mass is 16.6. The smallest absolute Gasteiger partial charge is 0.325 e. The van der Waals surface area contributed by atoms with Gasteiger partial charge in [0.15, 0.2) is 6.61 Å². The zero-order valence-corrected chi connectivity index (χ0v) is 15.1. The highest BCUT2D eigenvalue weighted by Gasteiger charge is 2.13. The molecule has 0 aromatic heterocycles. The second-order valence-corrected chi connectivity index (χ2v) is 5.90. The minimum atomic E-state index is -0.771. The van der Waals surface area contributed by atoms with E-state index in [2.05, 4.69) is 10.6 Å². The molecule has 0 saturated carbocycles. The average Bonchev–Trinajstić information content (AvgIpc) is 2.67. The molecule has 0 fully saturated rings. The molecule has 0 unspecified atom stereocenters. The van der Waals surface area contributed by atoms with Crippen LogP contribution in [0, 0.1) is 17.0 Å². The van der Waals surface area contributed by atoms with Crippen molar-refractivity contribution >= 4 is 29.2 Å². The van der Waals surface area contributed by atoms with E-state index >= 15 is 0 Å². The molecule has 2 rings (SSSR count). The molecule has 2 amide bonds. The van der Waals surface area contributed by atoms with E-state index in [-0.39, 0.29) is 30.2 Å². The number of nitrogens with zero attached hydrogens (tertiary/aromatic N) is 1. The molecule has 9 heteroatoms. The van der Waals surface area contributed by atoms with Gasteiger partial charge >= 0.3 is 5.97 Å². The summed E-state index contributed by atoms with van der Waals surface area (Å²) in [6.07, 6.45) is 0.126. The Bertz CT molecular complexity index is 882. The van der Waals surface area contributed by atoms with Crippen LogP contribution >= 0.6 is 0 Å². The molecule has 28 heavy (non-hydrogen) atoms. The fourth-order valence-corrected chi connectivity index (χ4v) is 2.26. The summed E-state index contributed by atoms with van der Waals surface area (Å²) in [4.78, 5) is 45.5. The third kappa shape index (κ3) is 6.52. The molecule has 0 heterocycles. The van der Waals surface area contributed by atoms with E-state index in [0.29, 0.717) is 5.56 Å². The van der Waals surface area contributed by atoms with Crippen LogP contribution in [0.1, 0.15) is 11.1 Å². The van der Waals surface area contributed by atoms with Gasteiger partial charge in [0.2, 0.25) is 5.91 Å². The van der Waals surface area contributed by atoms with Crippen molar-refractivity contribution < 1.29 is 24.0 Å². The number of amides is 2. The predicted octanol–water partition coefficient (Wildman–Crippen LogP) is 1.74. The summed E-state index contributed by atoms with van der Waals surface area (Å²) in [5.74, 6) is -1.76. The lowest BCUT2D eigenvalue weighted by Crippen LogP contribution is -2.33. The van der Waals surface area contributed by atoms with E-state index in [1.165, 1.54) is 18.2 Å². The number of carbonyl (C=O) groups excluding carboxylic acids is 3. The molecule has 2 aromatic rings. The first-order chi connectivity index (χ1) is 13.3. The van der Waals surface area contributed by atoms with E-state index in [1.54, 1.807) is 31.2 Å². The maximum Gasteiger partial charge on any atom is 0.325 e. The molecule has 9 nitrogen and oxygen atoms in total. The van der Waals surface area contributed by atoms with Crippen molar-refractivity contribution in [2.75, 3.05) is 18.5 Å². The number of anilines is 1. The van der Waals surface area contributed by atoms with Crippen molar-refractivity contribution in [1.29, 1.82) is 0 Å². The second-order valence-electron chi connectivity index (χ2n) is 5.90. The lowest BCUT2D eigenvalue weighted by Gasteiger charge is -2.09. The third-order valence-electron chi connectivity index (χ3n) is 3.71. The van der Waals surface area contributed by atoms with Crippen molar-refractivity contribution in [2.24, 2.45) is 0 Å². The van der Waals surface area contributed by atoms with Gasteiger partial charge in [0.05, 0.1) is 17.0 Å². The van der Waals surface area contributed by atoms with Crippen LogP contribution in [0.2, 0.25) is 0 Å². The summed E-state index contributed by atoms with van der Waals surface area (Å²) in [6, 6.07) is 13.1. The molecular weight excluding hydrogens is 366 g/mol. The summed E-state index contributed by atoms with van der Waals surface area (Å²) >= 11 is 0. The summed E-state index contributed by atoms with van der Waals surface area (Å²) in [5, 5.41) is 15.7. The van der Waals surface area contributed by atoms with Crippen LogP contribution in [-0.4, -0.2) is 35.9 Å². The highest BCUT2D eigenvalue weighted by molar-refractivity contribution is 5.94. The van der Waals surface area contributed by atoms with Crippen LogP contribution in [0.3, 0.4) is 0 Å². The van der Waals surface area contributed by atoms with Gasteiger partial charge in [-0.1, -0.05) is 36.4 Å². The van der Waals surface area contributed by atoms with Crippen LogP contribution < -0.4 is 10.6 Å². The van der Waals surface area contributed by atoms with Crippen LogP contribution in [0.4, 0.5) is 11.4 Å². The Balaban J connectivity index is 1.75. The molecule has 2 aromatic carbocycles. The van der Waals surface area contributed by atoms with Gasteiger partial charge in [-0.3, -0.25) is 24.5 Å². The van der Waals surface area contributed by atoms with Gasteiger partial charge in [0.1, 0.15) is 6.54 Å². The van der Waals surface area contributed by atoms with Crippen LogP contribution in [0.25, 0.3) is 0 Å². The second kappa shape index (κ2) is 9.81. The summed E-state index contributed by atoms with van der Waals surface area (Å²) in [5.41, 5.74) is 1.52. The topological polar surface area (TPSA) is 128 Å². The van der Waals surface area contributed by atoms with Crippen molar-refractivity contribution in [1.82, 2.24) is 5.32 Å². The summed E-state index contributed by atoms with van der Waals surface area (Å²) < 4.78 is 4.79. The Morgan fingerprint density at radius 1 is 1.07 bits per heavy atom. The minimum absolute atomic E-state index is 0.126. The molecule has 0 aliphatic carbocycles. The third-order valence-corrected chi connectivity index (χ3v) is 3.71. The van der Waals surface area contributed by atoms with E-state index < -0.39 is 23.4 Å². The first-order valence-corrected chi connectivity index (χ1v) is 8.36. The number of hydrogen-bond donors (Lipinski definition) is 2. The number of aryl methyl sites for hydroxylation is 1. The molecular formula is C19H19N3O6.